The van der Waals surface area contributed by atoms with Crippen LogP contribution in [0.2, 0.25) is 5.02 Å². The summed E-state index contributed by atoms with van der Waals surface area (Å²) in [5.41, 5.74) is 2.08. The minimum atomic E-state index is -3.85. The number of rotatable bonds is 5. The van der Waals surface area contributed by atoms with Gasteiger partial charge in [0.1, 0.15) is 5.82 Å². The Kier molecular flexibility index (Phi) is 6.58. The molecule has 4 rings (SSSR count). The molecule has 1 N–H and O–H groups in total. The number of aromatic nitrogens is 1. The third kappa shape index (κ3) is 5.12. The van der Waals surface area contributed by atoms with Crippen molar-refractivity contribution in [1.82, 2.24) is 9.88 Å². The maximum atomic E-state index is 13.3. The molecule has 0 bridgehead atoms. The van der Waals surface area contributed by atoms with Gasteiger partial charge in [-0.2, -0.15) is 0 Å². The Labute approximate surface area is 199 Å². The maximum absolute atomic E-state index is 13.3. The fourth-order valence-electron chi connectivity index (χ4n) is 3.82. The van der Waals surface area contributed by atoms with Crippen LogP contribution in [0.25, 0.3) is 0 Å². The molecule has 0 spiro atoms. The first-order chi connectivity index (χ1) is 15.7. The molecule has 0 aliphatic carbocycles. The molecule has 3 aromatic rings. The number of para-hydroxylation sites is 1. The first-order valence-corrected chi connectivity index (χ1v) is 12.5. The van der Waals surface area contributed by atoms with Gasteiger partial charge in [-0.1, -0.05) is 35.9 Å². The minimum absolute atomic E-state index is 0.203. The summed E-state index contributed by atoms with van der Waals surface area (Å²) in [6.07, 6.45) is 1.60. The van der Waals surface area contributed by atoms with Crippen molar-refractivity contribution in [2.75, 3.05) is 35.8 Å². The Morgan fingerprint density at radius 2 is 1.73 bits per heavy atom. The molecular formula is C24H25ClN4O3S. The fraction of sp³-hybridized carbons (Fsp3) is 0.250. The summed E-state index contributed by atoms with van der Waals surface area (Å²) in [5.74, 6) is 0.603. The van der Waals surface area contributed by atoms with Crippen LogP contribution in [0.4, 0.5) is 11.5 Å². The van der Waals surface area contributed by atoms with Gasteiger partial charge in [0, 0.05) is 32.4 Å². The molecular weight excluding hydrogens is 460 g/mol. The first kappa shape index (κ1) is 23.1. The van der Waals surface area contributed by atoms with Crippen molar-refractivity contribution in [3.8, 4) is 0 Å². The molecule has 2 aromatic carbocycles. The number of carbonyl (C=O) groups is 1. The monoisotopic (exact) mass is 484 g/mol. The molecule has 0 radical (unpaired) electrons. The van der Waals surface area contributed by atoms with Crippen molar-refractivity contribution >= 4 is 39.0 Å². The summed E-state index contributed by atoms with van der Waals surface area (Å²) in [7, 11) is -3.85. The first-order valence-electron chi connectivity index (χ1n) is 10.6. The zero-order valence-electron chi connectivity index (χ0n) is 18.5. The van der Waals surface area contributed by atoms with Gasteiger partial charge < -0.3 is 9.80 Å². The van der Waals surface area contributed by atoms with Crippen molar-refractivity contribution in [1.29, 1.82) is 0 Å². The normalized spacial score (nSPS) is 14.3. The molecule has 1 fully saturated rings. The van der Waals surface area contributed by atoms with Crippen LogP contribution in [0.15, 0.2) is 65.7 Å². The van der Waals surface area contributed by atoms with Gasteiger partial charge in [0.25, 0.3) is 15.9 Å². The van der Waals surface area contributed by atoms with E-state index in [1.54, 1.807) is 60.5 Å². The van der Waals surface area contributed by atoms with Gasteiger partial charge in [-0.05, 0) is 55.3 Å². The SMILES string of the molecule is Cc1ccc(C)c(S(=O)(=O)Nc2ccccc2C(=O)N2CCN(c3ccc(Cl)cn3)CC2)c1. The molecule has 0 saturated carbocycles. The summed E-state index contributed by atoms with van der Waals surface area (Å²) in [6.45, 7) is 5.84. The van der Waals surface area contributed by atoms with E-state index in [2.05, 4.69) is 14.6 Å². The fourth-order valence-corrected chi connectivity index (χ4v) is 5.34. The molecule has 1 aromatic heterocycles. The second kappa shape index (κ2) is 9.41. The van der Waals surface area contributed by atoms with Crippen molar-refractivity contribution < 1.29 is 13.2 Å². The summed E-state index contributed by atoms with van der Waals surface area (Å²) in [5, 5.41) is 0.576. The quantitative estimate of drug-likeness (QED) is 0.589. The van der Waals surface area contributed by atoms with E-state index >= 15 is 0 Å². The summed E-state index contributed by atoms with van der Waals surface area (Å²) >= 11 is 5.92. The highest BCUT2D eigenvalue weighted by Gasteiger charge is 2.26. The molecule has 1 saturated heterocycles. The molecule has 172 valence electrons. The van der Waals surface area contributed by atoms with Crippen LogP contribution < -0.4 is 9.62 Å². The highest BCUT2D eigenvalue weighted by molar-refractivity contribution is 7.92. The highest BCUT2D eigenvalue weighted by atomic mass is 35.5. The van der Waals surface area contributed by atoms with Crippen LogP contribution in [0.3, 0.4) is 0 Å². The van der Waals surface area contributed by atoms with Crippen molar-refractivity contribution in [2.24, 2.45) is 0 Å². The van der Waals surface area contributed by atoms with E-state index in [9.17, 15) is 13.2 Å². The Morgan fingerprint density at radius 1 is 1.00 bits per heavy atom. The number of halogens is 1. The number of pyridine rings is 1. The summed E-state index contributed by atoms with van der Waals surface area (Å²) < 4.78 is 28.8. The van der Waals surface area contributed by atoms with E-state index in [1.165, 1.54) is 0 Å². The van der Waals surface area contributed by atoms with Gasteiger partial charge >= 0.3 is 0 Å². The summed E-state index contributed by atoms with van der Waals surface area (Å²) in [6, 6.07) is 15.6. The lowest BCUT2D eigenvalue weighted by Crippen LogP contribution is -2.49. The lowest BCUT2D eigenvalue weighted by molar-refractivity contribution is 0.0747. The van der Waals surface area contributed by atoms with Crippen LogP contribution in [0, 0.1) is 13.8 Å². The molecule has 7 nitrogen and oxygen atoms in total. The zero-order valence-corrected chi connectivity index (χ0v) is 20.0. The van der Waals surface area contributed by atoms with E-state index in [-0.39, 0.29) is 16.5 Å². The number of benzene rings is 2. The van der Waals surface area contributed by atoms with Crippen molar-refractivity contribution in [3.63, 3.8) is 0 Å². The van der Waals surface area contributed by atoms with E-state index in [4.69, 9.17) is 11.6 Å². The average Bonchev–Trinajstić information content (AvgIpc) is 2.81. The smallest absolute Gasteiger partial charge is 0.262 e. The number of hydrogen-bond donors (Lipinski definition) is 1. The Morgan fingerprint density at radius 3 is 2.42 bits per heavy atom. The van der Waals surface area contributed by atoms with Crippen LogP contribution in [0.5, 0.6) is 0 Å². The number of sulfonamides is 1. The zero-order chi connectivity index (χ0) is 23.6. The number of piperazine rings is 1. The van der Waals surface area contributed by atoms with Gasteiger partial charge in [0.2, 0.25) is 0 Å². The molecule has 9 heteroatoms. The minimum Gasteiger partial charge on any atom is -0.353 e. The number of carbonyl (C=O) groups excluding carboxylic acids is 1. The summed E-state index contributed by atoms with van der Waals surface area (Å²) in [4.78, 5) is 21.7. The molecule has 1 aliphatic heterocycles. The third-order valence-electron chi connectivity index (χ3n) is 5.64. The van der Waals surface area contributed by atoms with Crippen molar-refractivity contribution in [3.05, 3.63) is 82.5 Å². The van der Waals surface area contributed by atoms with Gasteiger partial charge in [-0.3, -0.25) is 9.52 Å². The average molecular weight is 485 g/mol. The number of nitrogens with one attached hydrogen (secondary N) is 1. The lowest BCUT2D eigenvalue weighted by atomic mass is 10.1. The lowest BCUT2D eigenvalue weighted by Gasteiger charge is -2.35. The van der Waals surface area contributed by atoms with Gasteiger partial charge in [0.15, 0.2) is 0 Å². The third-order valence-corrected chi connectivity index (χ3v) is 7.37. The van der Waals surface area contributed by atoms with Crippen LogP contribution in [-0.2, 0) is 10.0 Å². The number of anilines is 2. The molecule has 1 amide bonds. The van der Waals surface area contributed by atoms with Gasteiger partial charge in [0.05, 0.1) is 21.2 Å². The largest absolute Gasteiger partial charge is 0.353 e. The van der Waals surface area contributed by atoms with E-state index in [0.717, 1.165) is 11.4 Å². The second-order valence-corrected chi connectivity index (χ2v) is 10.1. The van der Waals surface area contributed by atoms with Crippen LogP contribution in [0.1, 0.15) is 21.5 Å². The number of amides is 1. The molecule has 0 unspecified atom stereocenters. The maximum Gasteiger partial charge on any atom is 0.262 e. The highest BCUT2D eigenvalue weighted by Crippen LogP contribution is 2.25. The predicted octanol–water partition coefficient (Wildman–Crippen LogP) is 4.12. The van der Waals surface area contributed by atoms with Crippen LogP contribution in [-0.4, -0.2) is 50.4 Å². The Bertz CT molecular complexity index is 1270. The molecule has 0 atom stereocenters. The Balaban J connectivity index is 1.51. The van der Waals surface area contributed by atoms with E-state index in [1.807, 2.05) is 19.1 Å². The number of aryl methyl sites for hydroxylation is 2. The standard InChI is InChI=1S/C24H25ClN4O3S/c1-17-7-8-18(2)22(15-17)33(31,32)27-21-6-4-3-5-20(21)24(30)29-13-11-28(12-14-29)23-10-9-19(25)16-26-23/h3-10,15-16,27H,11-14H2,1-2H3. The second-order valence-electron chi connectivity index (χ2n) is 8.03. The number of hydrogen-bond acceptors (Lipinski definition) is 5. The predicted molar refractivity (Wildman–Crippen MR) is 131 cm³/mol. The van der Waals surface area contributed by atoms with E-state index < -0.39 is 10.0 Å². The van der Waals surface area contributed by atoms with Gasteiger partial charge in [-0.15, -0.1) is 0 Å². The van der Waals surface area contributed by atoms with Crippen molar-refractivity contribution in [2.45, 2.75) is 18.7 Å². The van der Waals surface area contributed by atoms with Crippen LogP contribution >= 0.6 is 11.6 Å². The number of nitrogens with zero attached hydrogens (tertiary/aromatic N) is 3. The van der Waals surface area contributed by atoms with Gasteiger partial charge in [-0.25, -0.2) is 13.4 Å². The topological polar surface area (TPSA) is 82.6 Å². The molecule has 2 heterocycles. The molecule has 1 aliphatic rings. The van der Waals surface area contributed by atoms with E-state index in [0.29, 0.717) is 42.3 Å². The Hall–Kier alpha value is -3.10. The molecule has 33 heavy (non-hydrogen) atoms.